The Balaban J connectivity index is 2.52. The first-order valence-corrected chi connectivity index (χ1v) is 6.16. The lowest BCUT2D eigenvalue weighted by Crippen LogP contribution is -2.14. The van der Waals surface area contributed by atoms with Crippen LogP contribution in [0.15, 0.2) is 24.5 Å². The number of nitrogens with zero attached hydrogens (tertiary/aromatic N) is 4. The number of hydrogen-bond acceptors (Lipinski definition) is 4. The molecule has 102 valence electrons. The van der Waals surface area contributed by atoms with Crippen LogP contribution in [0.4, 0.5) is 13.2 Å². The van der Waals surface area contributed by atoms with E-state index in [4.69, 9.17) is 4.55 Å². The first-order chi connectivity index (χ1) is 8.86. The third-order valence-corrected chi connectivity index (χ3v) is 2.55. The number of aromatic nitrogens is 4. The van der Waals surface area contributed by atoms with Crippen LogP contribution in [-0.2, 0) is 23.0 Å². The maximum absolute atomic E-state index is 12.7. The van der Waals surface area contributed by atoms with Crippen molar-refractivity contribution >= 4 is 11.1 Å². The van der Waals surface area contributed by atoms with E-state index in [0.29, 0.717) is 0 Å². The molecule has 0 saturated carbocycles. The van der Waals surface area contributed by atoms with E-state index < -0.39 is 28.7 Å². The lowest BCUT2D eigenvalue weighted by atomic mass is 10.3. The SMILES string of the molecule is O=S(O)Cc1nc(-n2cccn2)cc(C(F)(F)F)n1. The van der Waals surface area contributed by atoms with Crippen LogP contribution >= 0.6 is 0 Å². The third-order valence-electron chi connectivity index (χ3n) is 2.04. The summed E-state index contributed by atoms with van der Waals surface area (Å²) in [4.78, 5) is 6.99. The highest BCUT2D eigenvalue weighted by Gasteiger charge is 2.34. The van der Waals surface area contributed by atoms with Gasteiger partial charge >= 0.3 is 6.18 Å². The molecular formula is C9H7F3N4O2S. The fourth-order valence-corrected chi connectivity index (χ4v) is 1.67. The molecular weight excluding hydrogens is 285 g/mol. The molecule has 19 heavy (non-hydrogen) atoms. The zero-order valence-electron chi connectivity index (χ0n) is 9.20. The Morgan fingerprint density at radius 3 is 2.63 bits per heavy atom. The molecule has 0 saturated heterocycles. The van der Waals surface area contributed by atoms with Crippen LogP contribution in [0.1, 0.15) is 11.5 Å². The molecule has 1 N–H and O–H groups in total. The van der Waals surface area contributed by atoms with Gasteiger partial charge < -0.3 is 4.55 Å². The topological polar surface area (TPSA) is 80.9 Å². The minimum atomic E-state index is -4.67. The lowest BCUT2D eigenvalue weighted by molar-refractivity contribution is -0.141. The molecule has 0 amide bonds. The molecule has 0 aliphatic carbocycles. The van der Waals surface area contributed by atoms with Crippen molar-refractivity contribution in [2.24, 2.45) is 0 Å². The molecule has 0 bridgehead atoms. The predicted molar refractivity (Wildman–Crippen MR) is 58.6 cm³/mol. The zero-order valence-corrected chi connectivity index (χ0v) is 10.0. The second kappa shape index (κ2) is 5.05. The van der Waals surface area contributed by atoms with E-state index in [1.807, 2.05) is 0 Å². The second-order valence-electron chi connectivity index (χ2n) is 3.44. The van der Waals surface area contributed by atoms with Gasteiger partial charge in [0.15, 0.2) is 16.9 Å². The first-order valence-electron chi connectivity index (χ1n) is 4.89. The molecule has 0 aliphatic heterocycles. The van der Waals surface area contributed by atoms with Gasteiger partial charge in [-0.15, -0.1) is 0 Å². The van der Waals surface area contributed by atoms with E-state index in [1.165, 1.54) is 18.5 Å². The third kappa shape index (κ3) is 3.35. The normalized spacial score (nSPS) is 13.5. The summed E-state index contributed by atoms with van der Waals surface area (Å²) in [7, 11) is 0. The van der Waals surface area contributed by atoms with Crippen molar-refractivity contribution < 1.29 is 21.9 Å². The van der Waals surface area contributed by atoms with Crippen LogP contribution in [0.25, 0.3) is 5.82 Å². The molecule has 2 rings (SSSR count). The standard InChI is InChI=1S/C9H7F3N4O2S/c10-9(11,12)6-4-8(16-3-1-2-13-16)15-7(14-6)5-19(17)18/h1-4H,5H2,(H,17,18). The summed E-state index contributed by atoms with van der Waals surface area (Å²) in [6, 6.07) is 2.23. The van der Waals surface area contributed by atoms with Crippen molar-refractivity contribution in [1.29, 1.82) is 0 Å². The van der Waals surface area contributed by atoms with Crippen LogP contribution in [-0.4, -0.2) is 28.5 Å². The first kappa shape index (κ1) is 13.6. The average Bonchev–Trinajstić information content (AvgIpc) is 2.79. The molecule has 1 unspecified atom stereocenters. The van der Waals surface area contributed by atoms with Crippen molar-refractivity contribution in [3.8, 4) is 5.82 Å². The van der Waals surface area contributed by atoms with Gasteiger partial charge in [-0.2, -0.15) is 18.3 Å². The zero-order chi connectivity index (χ0) is 14.0. The van der Waals surface area contributed by atoms with Crippen molar-refractivity contribution in [3.05, 3.63) is 36.0 Å². The van der Waals surface area contributed by atoms with E-state index in [1.54, 1.807) is 0 Å². The summed E-state index contributed by atoms with van der Waals surface area (Å²) >= 11 is -2.33. The van der Waals surface area contributed by atoms with Gasteiger partial charge in [-0.1, -0.05) is 0 Å². The van der Waals surface area contributed by atoms with Gasteiger partial charge in [0.2, 0.25) is 0 Å². The minimum absolute atomic E-state index is 0.118. The molecule has 0 aliphatic rings. The van der Waals surface area contributed by atoms with Gasteiger partial charge in [0.1, 0.15) is 17.3 Å². The van der Waals surface area contributed by atoms with Gasteiger partial charge in [-0.25, -0.2) is 18.9 Å². The monoisotopic (exact) mass is 292 g/mol. The molecule has 0 aromatic carbocycles. The Morgan fingerprint density at radius 1 is 1.37 bits per heavy atom. The maximum Gasteiger partial charge on any atom is 0.433 e. The molecule has 2 aromatic rings. The van der Waals surface area contributed by atoms with Crippen molar-refractivity contribution in [3.63, 3.8) is 0 Å². The molecule has 6 nitrogen and oxygen atoms in total. The maximum atomic E-state index is 12.7. The van der Waals surface area contributed by atoms with Gasteiger partial charge in [0.25, 0.3) is 0 Å². The molecule has 0 spiro atoms. The Kier molecular flexibility index (Phi) is 3.62. The largest absolute Gasteiger partial charge is 0.433 e. The molecule has 10 heteroatoms. The van der Waals surface area contributed by atoms with E-state index >= 15 is 0 Å². The molecule has 0 fully saturated rings. The Hall–Kier alpha value is -1.81. The molecule has 0 radical (unpaired) electrons. The van der Waals surface area contributed by atoms with E-state index in [0.717, 1.165) is 10.7 Å². The summed E-state index contributed by atoms with van der Waals surface area (Å²) in [5, 5.41) is 3.75. The van der Waals surface area contributed by atoms with E-state index in [-0.39, 0.29) is 11.6 Å². The number of hydrogen-bond donors (Lipinski definition) is 1. The second-order valence-corrected chi connectivity index (χ2v) is 4.37. The molecule has 1 atom stereocenters. The number of halogens is 3. The van der Waals surface area contributed by atoms with Crippen LogP contribution in [0.3, 0.4) is 0 Å². The smallest absolute Gasteiger partial charge is 0.306 e. The Morgan fingerprint density at radius 2 is 2.11 bits per heavy atom. The van der Waals surface area contributed by atoms with Crippen LogP contribution in [0.2, 0.25) is 0 Å². The number of alkyl halides is 3. The van der Waals surface area contributed by atoms with E-state index in [2.05, 4.69) is 15.1 Å². The van der Waals surface area contributed by atoms with Gasteiger partial charge in [0.05, 0.1) is 0 Å². The minimum Gasteiger partial charge on any atom is -0.306 e. The highest BCUT2D eigenvalue weighted by atomic mass is 32.2. The van der Waals surface area contributed by atoms with E-state index in [9.17, 15) is 17.4 Å². The molecule has 2 heterocycles. The quantitative estimate of drug-likeness (QED) is 0.865. The van der Waals surface area contributed by atoms with Gasteiger partial charge in [-0.3, -0.25) is 0 Å². The summed E-state index contributed by atoms with van der Waals surface area (Å²) < 4.78 is 58.5. The lowest BCUT2D eigenvalue weighted by Gasteiger charge is -2.09. The van der Waals surface area contributed by atoms with Gasteiger partial charge in [0, 0.05) is 18.5 Å². The highest BCUT2D eigenvalue weighted by Crippen LogP contribution is 2.28. The fourth-order valence-electron chi connectivity index (χ4n) is 1.33. The summed E-state index contributed by atoms with van der Waals surface area (Å²) in [6.07, 6.45) is -1.89. The highest BCUT2D eigenvalue weighted by molar-refractivity contribution is 7.78. The van der Waals surface area contributed by atoms with Crippen LogP contribution in [0, 0.1) is 0 Å². The predicted octanol–water partition coefficient (Wildman–Crippen LogP) is 1.40. The Labute approximate surface area is 107 Å². The van der Waals surface area contributed by atoms with Gasteiger partial charge in [-0.05, 0) is 6.07 Å². The summed E-state index contributed by atoms with van der Waals surface area (Å²) in [5.41, 5.74) is -1.19. The summed E-state index contributed by atoms with van der Waals surface area (Å²) in [5.74, 6) is -1.08. The average molecular weight is 292 g/mol. The Bertz CT molecular complexity index is 600. The fraction of sp³-hybridized carbons (Fsp3) is 0.222. The number of rotatable bonds is 3. The van der Waals surface area contributed by atoms with Crippen molar-refractivity contribution in [1.82, 2.24) is 19.7 Å². The van der Waals surface area contributed by atoms with Crippen molar-refractivity contribution in [2.75, 3.05) is 0 Å². The molecule has 2 aromatic heterocycles. The van der Waals surface area contributed by atoms with Crippen LogP contribution in [0.5, 0.6) is 0 Å². The van der Waals surface area contributed by atoms with Crippen molar-refractivity contribution in [2.45, 2.75) is 11.9 Å². The van der Waals surface area contributed by atoms with Crippen LogP contribution < -0.4 is 0 Å². The summed E-state index contributed by atoms with van der Waals surface area (Å²) in [6.45, 7) is 0.